The number of methoxy groups -OCH3 is 2. The number of ether oxygens (including phenoxy) is 2. The van der Waals surface area contributed by atoms with Gasteiger partial charge in [0.05, 0.1) is 19.7 Å². The number of anilines is 1. The van der Waals surface area contributed by atoms with Crippen LogP contribution in [0.4, 0.5) is 5.82 Å². The van der Waals surface area contributed by atoms with E-state index in [1.54, 1.807) is 26.7 Å². The molecule has 2 heterocycles. The zero-order chi connectivity index (χ0) is 16.2. The molecule has 0 unspecified atom stereocenters. The van der Waals surface area contributed by atoms with E-state index in [2.05, 4.69) is 19.9 Å². The number of fused-ring (bicyclic) bond motifs is 1. The van der Waals surface area contributed by atoms with E-state index in [0.717, 1.165) is 22.3 Å². The van der Waals surface area contributed by atoms with Crippen LogP contribution in [0.25, 0.3) is 10.9 Å². The minimum absolute atomic E-state index is 0.652. The maximum absolute atomic E-state index is 5.39. The van der Waals surface area contributed by atoms with Gasteiger partial charge < -0.3 is 14.4 Å². The highest BCUT2D eigenvalue weighted by Gasteiger charge is 2.13. The second kappa shape index (κ2) is 6.48. The summed E-state index contributed by atoms with van der Waals surface area (Å²) in [6.45, 7) is 0.703. The molecule has 6 heteroatoms. The van der Waals surface area contributed by atoms with Gasteiger partial charge in [-0.2, -0.15) is 0 Å². The molecular weight excluding hydrogens is 292 g/mol. The third kappa shape index (κ3) is 3.01. The van der Waals surface area contributed by atoms with Crippen molar-refractivity contribution >= 4 is 16.7 Å². The molecule has 0 N–H and O–H groups in total. The zero-order valence-electron chi connectivity index (χ0n) is 13.4. The van der Waals surface area contributed by atoms with E-state index < -0.39 is 0 Å². The highest BCUT2D eigenvalue weighted by atomic mass is 16.5. The molecule has 3 rings (SSSR count). The monoisotopic (exact) mass is 310 g/mol. The van der Waals surface area contributed by atoms with Gasteiger partial charge in [-0.1, -0.05) is 6.07 Å². The number of hydrogen-bond acceptors (Lipinski definition) is 6. The molecular formula is C17H18N4O2. The average Bonchev–Trinajstić information content (AvgIpc) is 2.60. The van der Waals surface area contributed by atoms with E-state index in [1.165, 1.54) is 0 Å². The van der Waals surface area contributed by atoms with Crippen molar-refractivity contribution < 1.29 is 9.47 Å². The van der Waals surface area contributed by atoms with Gasteiger partial charge in [-0.25, -0.2) is 9.97 Å². The number of pyridine rings is 1. The number of nitrogens with zero attached hydrogens (tertiary/aromatic N) is 4. The van der Waals surface area contributed by atoms with E-state index in [1.807, 2.05) is 37.5 Å². The molecule has 0 saturated heterocycles. The van der Waals surface area contributed by atoms with E-state index in [0.29, 0.717) is 18.0 Å². The van der Waals surface area contributed by atoms with E-state index in [-0.39, 0.29) is 0 Å². The smallest absolute Gasteiger partial charge is 0.162 e. The summed E-state index contributed by atoms with van der Waals surface area (Å²) in [5.41, 5.74) is 1.92. The Balaban J connectivity index is 2.03. The summed E-state index contributed by atoms with van der Waals surface area (Å²) in [6, 6.07) is 7.73. The van der Waals surface area contributed by atoms with Gasteiger partial charge in [-0.3, -0.25) is 4.98 Å². The molecule has 6 nitrogen and oxygen atoms in total. The molecule has 2 aromatic heterocycles. The van der Waals surface area contributed by atoms with Gasteiger partial charge in [-0.05, 0) is 17.7 Å². The molecule has 118 valence electrons. The summed E-state index contributed by atoms with van der Waals surface area (Å²) in [4.78, 5) is 15.0. The van der Waals surface area contributed by atoms with Crippen LogP contribution in [0.1, 0.15) is 5.56 Å². The summed E-state index contributed by atoms with van der Waals surface area (Å²) in [6.07, 6.45) is 5.17. The second-order valence-corrected chi connectivity index (χ2v) is 5.14. The average molecular weight is 310 g/mol. The molecule has 0 aliphatic rings. The Labute approximate surface area is 134 Å². The van der Waals surface area contributed by atoms with Crippen LogP contribution >= 0.6 is 0 Å². The van der Waals surface area contributed by atoms with Gasteiger partial charge in [-0.15, -0.1) is 0 Å². The van der Waals surface area contributed by atoms with E-state index >= 15 is 0 Å². The molecule has 1 aromatic carbocycles. The van der Waals surface area contributed by atoms with Gasteiger partial charge in [0.15, 0.2) is 11.5 Å². The van der Waals surface area contributed by atoms with Crippen molar-refractivity contribution in [2.75, 3.05) is 26.2 Å². The highest BCUT2D eigenvalue weighted by Crippen LogP contribution is 2.34. The number of hydrogen-bond donors (Lipinski definition) is 0. The van der Waals surface area contributed by atoms with Gasteiger partial charge in [0.25, 0.3) is 0 Å². The molecule has 23 heavy (non-hydrogen) atoms. The van der Waals surface area contributed by atoms with Crippen LogP contribution in [0.5, 0.6) is 11.5 Å². The first-order chi connectivity index (χ1) is 11.2. The van der Waals surface area contributed by atoms with Crippen LogP contribution in [-0.2, 0) is 6.54 Å². The van der Waals surface area contributed by atoms with Crippen molar-refractivity contribution in [2.24, 2.45) is 0 Å². The molecule has 0 aliphatic heterocycles. The molecule has 0 amide bonds. The van der Waals surface area contributed by atoms with Crippen LogP contribution in [0.15, 0.2) is 43.0 Å². The molecule has 3 aromatic rings. The largest absolute Gasteiger partial charge is 0.493 e. The Morgan fingerprint density at radius 2 is 1.87 bits per heavy atom. The number of rotatable bonds is 5. The molecule has 0 fully saturated rings. The fourth-order valence-corrected chi connectivity index (χ4v) is 2.51. The summed E-state index contributed by atoms with van der Waals surface area (Å²) in [5.74, 6) is 2.14. The Morgan fingerprint density at radius 3 is 2.57 bits per heavy atom. The lowest BCUT2D eigenvalue weighted by atomic mass is 10.2. The van der Waals surface area contributed by atoms with Crippen molar-refractivity contribution in [3.63, 3.8) is 0 Å². The van der Waals surface area contributed by atoms with Crippen molar-refractivity contribution in [3.05, 3.63) is 48.5 Å². The van der Waals surface area contributed by atoms with Gasteiger partial charge in [0.1, 0.15) is 12.1 Å². The quantitative estimate of drug-likeness (QED) is 0.722. The molecule has 0 bridgehead atoms. The first kappa shape index (κ1) is 15.0. The Kier molecular flexibility index (Phi) is 4.23. The molecule has 0 saturated carbocycles. The molecule has 0 aliphatic carbocycles. The minimum atomic E-state index is 0.652. The van der Waals surface area contributed by atoms with E-state index in [9.17, 15) is 0 Å². The molecule has 0 atom stereocenters. The topological polar surface area (TPSA) is 60.4 Å². The summed E-state index contributed by atoms with van der Waals surface area (Å²) < 4.78 is 10.7. The Morgan fingerprint density at radius 1 is 1.09 bits per heavy atom. The summed E-state index contributed by atoms with van der Waals surface area (Å²) in [7, 11) is 5.22. The minimum Gasteiger partial charge on any atom is -0.493 e. The third-order valence-electron chi connectivity index (χ3n) is 3.62. The second-order valence-electron chi connectivity index (χ2n) is 5.14. The number of benzene rings is 1. The normalized spacial score (nSPS) is 10.6. The summed E-state index contributed by atoms with van der Waals surface area (Å²) in [5, 5.41) is 0.913. The zero-order valence-corrected chi connectivity index (χ0v) is 13.4. The van der Waals surface area contributed by atoms with Crippen molar-refractivity contribution in [3.8, 4) is 11.5 Å². The van der Waals surface area contributed by atoms with Gasteiger partial charge in [0.2, 0.25) is 0 Å². The van der Waals surface area contributed by atoms with Crippen LogP contribution < -0.4 is 14.4 Å². The van der Waals surface area contributed by atoms with Crippen LogP contribution in [-0.4, -0.2) is 36.2 Å². The SMILES string of the molecule is COc1cc2ncnc(N(C)Cc3cccnc3)c2cc1OC. The standard InChI is InChI=1S/C17H18N4O2/c1-21(10-12-5-4-6-18-9-12)17-13-7-15(22-2)16(23-3)8-14(13)19-11-20-17/h4-9,11H,10H2,1-3H3. The highest BCUT2D eigenvalue weighted by molar-refractivity contribution is 5.91. The maximum Gasteiger partial charge on any atom is 0.162 e. The molecule has 0 spiro atoms. The third-order valence-corrected chi connectivity index (χ3v) is 3.62. The predicted molar refractivity (Wildman–Crippen MR) is 89.0 cm³/mol. The first-order valence-electron chi connectivity index (χ1n) is 7.19. The summed E-state index contributed by atoms with van der Waals surface area (Å²) >= 11 is 0. The van der Waals surface area contributed by atoms with Crippen LogP contribution in [0.3, 0.4) is 0 Å². The van der Waals surface area contributed by atoms with Crippen molar-refractivity contribution in [1.82, 2.24) is 15.0 Å². The van der Waals surface area contributed by atoms with Crippen LogP contribution in [0.2, 0.25) is 0 Å². The fourth-order valence-electron chi connectivity index (χ4n) is 2.51. The van der Waals surface area contributed by atoms with Crippen molar-refractivity contribution in [2.45, 2.75) is 6.54 Å². The van der Waals surface area contributed by atoms with Crippen molar-refractivity contribution in [1.29, 1.82) is 0 Å². The van der Waals surface area contributed by atoms with Gasteiger partial charge >= 0.3 is 0 Å². The Hall–Kier alpha value is -2.89. The van der Waals surface area contributed by atoms with Crippen LogP contribution in [0, 0.1) is 0 Å². The maximum atomic E-state index is 5.39. The lowest BCUT2D eigenvalue weighted by Gasteiger charge is -2.20. The predicted octanol–water partition coefficient (Wildman–Crippen LogP) is 2.68. The number of aromatic nitrogens is 3. The first-order valence-corrected chi connectivity index (χ1v) is 7.19. The molecule has 0 radical (unpaired) electrons. The van der Waals surface area contributed by atoms with Gasteiger partial charge in [0, 0.05) is 37.4 Å². The van der Waals surface area contributed by atoms with E-state index in [4.69, 9.17) is 9.47 Å². The lowest BCUT2D eigenvalue weighted by Crippen LogP contribution is -2.18. The lowest BCUT2D eigenvalue weighted by molar-refractivity contribution is 0.356. The Bertz CT molecular complexity index is 808. The fraction of sp³-hybridized carbons (Fsp3) is 0.235.